The maximum Gasteiger partial charge on any atom is 0.207 e. The van der Waals surface area contributed by atoms with Gasteiger partial charge in [0, 0.05) is 25.5 Å². The third-order valence-corrected chi connectivity index (χ3v) is 3.11. The number of rotatable bonds is 6. The molecule has 2 aromatic rings. The molecule has 5 heteroatoms. The Morgan fingerprint density at radius 1 is 1.25 bits per heavy atom. The minimum Gasteiger partial charge on any atom is -0.497 e. The summed E-state index contributed by atoms with van der Waals surface area (Å²) in [7, 11) is 3.37. The summed E-state index contributed by atoms with van der Waals surface area (Å²) >= 11 is 0. The molecule has 1 aromatic heterocycles. The van der Waals surface area contributed by atoms with Crippen molar-refractivity contribution in [1.82, 2.24) is 9.55 Å². The average molecular weight is 275 g/mol. The number of aryl methyl sites for hydroxylation is 2. The Labute approximate surface area is 119 Å². The Morgan fingerprint density at radius 3 is 2.70 bits per heavy atom. The molecule has 0 saturated heterocycles. The molecule has 0 saturated carbocycles. The van der Waals surface area contributed by atoms with Crippen molar-refractivity contribution in [3.63, 3.8) is 0 Å². The number of aromatic nitrogens is 2. The number of nitrogens with one attached hydrogen (secondary N) is 1. The van der Waals surface area contributed by atoms with Crippen molar-refractivity contribution in [1.29, 1.82) is 0 Å². The molecular formula is C15H21N3O2. The topological polar surface area (TPSA) is 48.3 Å². The quantitative estimate of drug-likeness (QED) is 0.880. The molecule has 1 heterocycles. The van der Waals surface area contributed by atoms with Crippen LogP contribution in [0.3, 0.4) is 0 Å². The molecular weight excluding hydrogens is 254 g/mol. The molecule has 108 valence electrons. The van der Waals surface area contributed by atoms with Gasteiger partial charge in [0.05, 0.1) is 19.4 Å². The van der Waals surface area contributed by atoms with Crippen LogP contribution in [0.4, 0.5) is 11.6 Å². The Hall–Kier alpha value is -2.01. The molecule has 0 radical (unpaired) electrons. The molecule has 1 N–H and O–H groups in total. The highest BCUT2D eigenvalue weighted by atomic mass is 16.5. The number of nitrogens with zero attached hydrogens (tertiary/aromatic N) is 2. The summed E-state index contributed by atoms with van der Waals surface area (Å²) in [6, 6.07) is 5.93. The van der Waals surface area contributed by atoms with Crippen LogP contribution in [-0.4, -0.2) is 30.4 Å². The van der Waals surface area contributed by atoms with E-state index in [-0.39, 0.29) is 0 Å². The molecule has 0 spiro atoms. The monoisotopic (exact) mass is 275 g/mol. The zero-order chi connectivity index (χ0) is 14.5. The number of ether oxygens (including phenoxy) is 2. The van der Waals surface area contributed by atoms with Crippen molar-refractivity contribution < 1.29 is 9.47 Å². The van der Waals surface area contributed by atoms with E-state index in [9.17, 15) is 0 Å². The predicted octanol–water partition coefficient (Wildman–Crippen LogP) is 2.90. The number of hydrogen-bond donors (Lipinski definition) is 1. The van der Waals surface area contributed by atoms with E-state index in [1.54, 1.807) is 14.2 Å². The van der Waals surface area contributed by atoms with E-state index in [0.29, 0.717) is 6.61 Å². The summed E-state index contributed by atoms with van der Waals surface area (Å²) in [5.74, 6) is 1.68. The van der Waals surface area contributed by atoms with Gasteiger partial charge in [0.1, 0.15) is 5.75 Å². The van der Waals surface area contributed by atoms with Gasteiger partial charge in [-0.3, -0.25) is 0 Å². The van der Waals surface area contributed by atoms with Gasteiger partial charge in [-0.2, -0.15) is 0 Å². The van der Waals surface area contributed by atoms with E-state index >= 15 is 0 Å². The standard InChI is InChI=1S/C15H21N3O2/c1-11-9-13(20-4)5-6-14(11)17-15-16-12(2)10-18(15)7-8-19-3/h5-6,9-10H,7-8H2,1-4H3,(H,16,17). The van der Waals surface area contributed by atoms with E-state index < -0.39 is 0 Å². The Bertz CT molecular complexity index is 578. The lowest BCUT2D eigenvalue weighted by Gasteiger charge is -2.12. The predicted molar refractivity (Wildman–Crippen MR) is 79.9 cm³/mol. The first-order valence-electron chi connectivity index (χ1n) is 6.58. The Kier molecular flexibility index (Phi) is 4.63. The Morgan fingerprint density at radius 2 is 2.05 bits per heavy atom. The lowest BCUT2D eigenvalue weighted by molar-refractivity contribution is 0.188. The van der Waals surface area contributed by atoms with Gasteiger partial charge in [-0.05, 0) is 37.6 Å². The number of hydrogen-bond acceptors (Lipinski definition) is 4. The second-order valence-electron chi connectivity index (χ2n) is 4.70. The minimum atomic E-state index is 0.659. The van der Waals surface area contributed by atoms with Crippen molar-refractivity contribution in [3.05, 3.63) is 35.7 Å². The van der Waals surface area contributed by atoms with Gasteiger partial charge in [0.2, 0.25) is 5.95 Å². The zero-order valence-electron chi connectivity index (χ0n) is 12.4. The van der Waals surface area contributed by atoms with Crippen LogP contribution in [0, 0.1) is 13.8 Å². The third kappa shape index (κ3) is 3.30. The molecule has 0 bridgehead atoms. The number of imidazole rings is 1. The van der Waals surface area contributed by atoms with Gasteiger partial charge >= 0.3 is 0 Å². The molecule has 5 nitrogen and oxygen atoms in total. The van der Waals surface area contributed by atoms with E-state index in [1.165, 1.54) is 0 Å². The van der Waals surface area contributed by atoms with Crippen molar-refractivity contribution >= 4 is 11.6 Å². The normalized spacial score (nSPS) is 10.6. The largest absolute Gasteiger partial charge is 0.497 e. The fourth-order valence-corrected chi connectivity index (χ4v) is 2.03. The first-order valence-corrected chi connectivity index (χ1v) is 6.58. The van der Waals surface area contributed by atoms with Crippen LogP contribution in [0.15, 0.2) is 24.4 Å². The van der Waals surface area contributed by atoms with Crippen LogP contribution < -0.4 is 10.1 Å². The third-order valence-electron chi connectivity index (χ3n) is 3.11. The van der Waals surface area contributed by atoms with E-state index in [0.717, 1.165) is 35.2 Å². The van der Waals surface area contributed by atoms with Crippen molar-refractivity contribution in [2.45, 2.75) is 20.4 Å². The highest BCUT2D eigenvalue weighted by Crippen LogP contribution is 2.24. The second kappa shape index (κ2) is 6.43. The van der Waals surface area contributed by atoms with Gasteiger partial charge in [-0.25, -0.2) is 4.98 Å². The average Bonchev–Trinajstić information content (AvgIpc) is 2.78. The molecule has 2 rings (SSSR count). The van der Waals surface area contributed by atoms with Crippen LogP contribution in [0.25, 0.3) is 0 Å². The lowest BCUT2D eigenvalue weighted by atomic mass is 10.2. The summed E-state index contributed by atoms with van der Waals surface area (Å²) in [4.78, 5) is 4.51. The summed E-state index contributed by atoms with van der Waals surface area (Å²) in [5.41, 5.74) is 3.12. The number of benzene rings is 1. The molecule has 0 aliphatic carbocycles. The van der Waals surface area contributed by atoms with E-state index in [2.05, 4.69) is 14.9 Å². The smallest absolute Gasteiger partial charge is 0.207 e. The molecule has 0 fully saturated rings. The minimum absolute atomic E-state index is 0.659. The fourth-order valence-electron chi connectivity index (χ4n) is 2.03. The van der Waals surface area contributed by atoms with E-state index in [4.69, 9.17) is 9.47 Å². The first-order chi connectivity index (χ1) is 9.63. The maximum absolute atomic E-state index is 5.22. The SMILES string of the molecule is COCCn1cc(C)nc1Nc1ccc(OC)cc1C. The van der Waals surface area contributed by atoms with Crippen LogP contribution in [0.2, 0.25) is 0 Å². The zero-order valence-corrected chi connectivity index (χ0v) is 12.4. The van der Waals surface area contributed by atoms with E-state index in [1.807, 2.05) is 38.2 Å². The molecule has 20 heavy (non-hydrogen) atoms. The molecule has 1 aromatic carbocycles. The summed E-state index contributed by atoms with van der Waals surface area (Å²) in [6.07, 6.45) is 2.01. The first kappa shape index (κ1) is 14.4. The van der Waals surface area contributed by atoms with Gasteiger partial charge in [-0.15, -0.1) is 0 Å². The summed E-state index contributed by atoms with van der Waals surface area (Å²) < 4.78 is 12.4. The van der Waals surface area contributed by atoms with Gasteiger partial charge in [0.15, 0.2) is 0 Å². The van der Waals surface area contributed by atoms with Crippen LogP contribution >= 0.6 is 0 Å². The van der Waals surface area contributed by atoms with Crippen LogP contribution in [0.1, 0.15) is 11.3 Å². The van der Waals surface area contributed by atoms with Crippen molar-refractivity contribution in [3.8, 4) is 5.75 Å². The maximum atomic E-state index is 5.22. The molecule has 0 amide bonds. The second-order valence-corrected chi connectivity index (χ2v) is 4.70. The molecule has 0 unspecified atom stereocenters. The highest BCUT2D eigenvalue weighted by molar-refractivity contribution is 5.60. The van der Waals surface area contributed by atoms with Crippen LogP contribution in [0.5, 0.6) is 5.75 Å². The van der Waals surface area contributed by atoms with Crippen molar-refractivity contribution in [2.75, 3.05) is 26.1 Å². The summed E-state index contributed by atoms with van der Waals surface area (Å²) in [6.45, 7) is 5.45. The lowest BCUT2D eigenvalue weighted by Crippen LogP contribution is -2.07. The van der Waals surface area contributed by atoms with Crippen LogP contribution in [-0.2, 0) is 11.3 Å². The molecule has 0 aliphatic rings. The van der Waals surface area contributed by atoms with Gasteiger partial charge < -0.3 is 19.4 Å². The highest BCUT2D eigenvalue weighted by Gasteiger charge is 2.08. The van der Waals surface area contributed by atoms with Crippen molar-refractivity contribution in [2.24, 2.45) is 0 Å². The van der Waals surface area contributed by atoms with Gasteiger partial charge in [-0.1, -0.05) is 0 Å². The van der Waals surface area contributed by atoms with Gasteiger partial charge in [0.25, 0.3) is 0 Å². The number of methoxy groups -OCH3 is 2. The summed E-state index contributed by atoms with van der Waals surface area (Å²) in [5, 5.41) is 3.36. The number of anilines is 2. The molecule has 0 atom stereocenters. The molecule has 0 aliphatic heterocycles. The Balaban J connectivity index is 2.21. The fraction of sp³-hybridized carbons (Fsp3) is 0.400.